The molecule has 0 saturated carbocycles. The van der Waals surface area contributed by atoms with E-state index in [1.807, 2.05) is 26.0 Å². The van der Waals surface area contributed by atoms with Crippen LogP contribution in [0, 0.1) is 17.6 Å². The van der Waals surface area contributed by atoms with Gasteiger partial charge in [0.15, 0.2) is 0 Å². The lowest BCUT2D eigenvalue weighted by Gasteiger charge is -2.54. The molecule has 0 unspecified atom stereocenters. The van der Waals surface area contributed by atoms with E-state index in [0.29, 0.717) is 12.2 Å². The molecule has 0 spiro atoms. The van der Waals surface area contributed by atoms with Crippen LogP contribution in [0.1, 0.15) is 31.4 Å². The van der Waals surface area contributed by atoms with E-state index in [4.69, 9.17) is 4.74 Å². The number of amides is 4. The number of ether oxygens (including phenoxy) is 1. The number of halogens is 2. The number of carbonyl (C=O) groups is 3. The zero-order chi connectivity index (χ0) is 27.6. The van der Waals surface area contributed by atoms with Crippen molar-refractivity contribution in [2.45, 2.75) is 45.6 Å². The number of methoxy groups -OCH3 is 1. The van der Waals surface area contributed by atoms with Crippen molar-refractivity contribution in [3.05, 3.63) is 65.2 Å². The largest absolute Gasteiger partial charge is 0.497 e. The molecule has 0 aliphatic carbocycles. The van der Waals surface area contributed by atoms with Gasteiger partial charge in [-0.1, -0.05) is 32.0 Å². The molecule has 2 atom stereocenters. The van der Waals surface area contributed by atoms with Crippen LogP contribution in [-0.4, -0.2) is 77.1 Å². The third-order valence-corrected chi connectivity index (χ3v) is 6.82. The van der Waals surface area contributed by atoms with Crippen LogP contribution in [0.15, 0.2) is 42.5 Å². The van der Waals surface area contributed by atoms with Gasteiger partial charge in [-0.15, -0.1) is 0 Å². The summed E-state index contributed by atoms with van der Waals surface area (Å²) in [5.41, 5.74) is 1.01. The Morgan fingerprint density at radius 1 is 1.13 bits per heavy atom. The maximum Gasteiger partial charge on any atom is 0.334 e. The Hall–Kier alpha value is -3.73. The molecule has 2 fully saturated rings. The molecule has 4 rings (SSSR count). The maximum absolute atomic E-state index is 14.5. The van der Waals surface area contributed by atoms with E-state index in [1.165, 1.54) is 25.9 Å². The molecule has 2 aliphatic heterocycles. The first kappa shape index (κ1) is 27.3. The molecule has 2 aliphatic rings. The van der Waals surface area contributed by atoms with Crippen molar-refractivity contribution in [1.82, 2.24) is 25.1 Å². The lowest BCUT2D eigenvalue weighted by atomic mass is 9.96. The average molecular weight is 530 g/mol. The Labute approximate surface area is 220 Å². The number of benzene rings is 2. The molecular weight excluding hydrogens is 496 g/mol. The number of rotatable bonds is 7. The van der Waals surface area contributed by atoms with Gasteiger partial charge in [0.25, 0.3) is 0 Å². The van der Waals surface area contributed by atoms with Crippen LogP contribution < -0.4 is 10.1 Å². The van der Waals surface area contributed by atoms with Crippen molar-refractivity contribution in [2.24, 2.45) is 5.92 Å². The summed E-state index contributed by atoms with van der Waals surface area (Å²) in [4.78, 5) is 43.1. The van der Waals surface area contributed by atoms with Gasteiger partial charge in [0.1, 0.15) is 29.6 Å². The van der Waals surface area contributed by atoms with E-state index in [9.17, 15) is 23.2 Å². The molecule has 2 saturated heterocycles. The third kappa shape index (κ3) is 5.72. The number of hydrazine groups is 1. The monoisotopic (exact) mass is 529 g/mol. The quantitative estimate of drug-likeness (QED) is 0.596. The molecule has 2 heterocycles. The van der Waals surface area contributed by atoms with Gasteiger partial charge in [-0.3, -0.25) is 9.59 Å². The second-order valence-corrected chi connectivity index (χ2v) is 10.0. The summed E-state index contributed by atoms with van der Waals surface area (Å²) in [6.07, 6.45) is -0.406. The zero-order valence-electron chi connectivity index (χ0n) is 22.0. The number of hydrogen-bond acceptors (Lipinski definition) is 5. The average Bonchev–Trinajstić information content (AvgIpc) is 2.86. The second-order valence-electron chi connectivity index (χ2n) is 10.0. The smallest absolute Gasteiger partial charge is 0.334 e. The highest BCUT2D eigenvalue weighted by Gasteiger charge is 2.50. The number of nitrogens with zero attached hydrogens (tertiary/aromatic N) is 4. The number of fused-ring (bicyclic) bond motifs is 1. The van der Waals surface area contributed by atoms with Gasteiger partial charge in [-0.2, -0.15) is 0 Å². The van der Waals surface area contributed by atoms with Crippen molar-refractivity contribution in [1.29, 1.82) is 0 Å². The highest BCUT2D eigenvalue weighted by Crippen LogP contribution is 2.30. The Kier molecular flexibility index (Phi) is 8.15. The standard InChI is InChI=1S/C27H33F2N5O4/c1-17(2)11-23-26(36)32(14-19-7-8-20(28)12-22(19)29)15-24-33(23)25(35)16-31(3)34(24)27(37)30-13-18-5-9-21(38-4)10-6-18/h5-10,12,17,23-24H,11,13-16H2,1-4H3,(H,30,37)/t23-,24-/m0/s1. The molecule has 2 aromatic carbocycles. The molecule has 9 nitrogen and oxygen atoms in total. The van der Waals surface area contributed by atoms with Gasteiger partial charge in [0.2, 0.25) is 11.8 Å². The molecular formula is C27H33F2N5O4. The third-order valence-electron chi connectivity index (χ3n) is 6.82. The molecule has 11 heteroatoms. The van der Waals surface area contributed by atoms with E-state index in [-0.39, 0.29) is 49.5 Å². The van der Waals surface area contributed by atoms with Gasteiger partial charge < -0.3 is 19.9 Å². The van der Waals surface area contributed by atoms with Crippen LogP contribution in [0.25, 0.3) is 0 Å². The van der Waals surface area contributed by atoms with Gasteiger partial charge in [0.05, 0.1) is 20.2 Å². The number of nitrogens with one attached hydrogen (secondary N) is 1. The van der Waals surface area contributed by atoms with Crippen molar-refractivity contribution in [3.8, 4) is 5.75 Å². The first-order valence-electron chi connectivity index (χ1n) is 12.5. The van der Waals surface area contributed by atoms with E-state index < -0.39 is 29.9 Å². The number of piperazine rings is 1. The van der Waals surface area contributed by atoms with Gasteiger partial charge in [0, 0.05) is 31.8 Å². The first-order valence-corrected chi connectivity index (χ1v) is 12.5. The summed E-state index contributed by atoms with van der Waals surface area (Å²) in [6.45, 7) is 3.94. The molecule has 0 radical (unpaired) electrons. The summed E-state index contributed by atoms with van der Waals surface area (Å²) < 4.78 is 33.1. The molecule has 2 aromatic rings. The Morgan fingerprint density at radius 3 is 2.47 bits per heavy atom. The second kappa shape index (κ2) is 11.3. The number of hydrogen-bond donors (Lipinski definition) is 1. The minimum Gasteiger partial charge on any atom is -0.497 e. The predicted molar refractivity (Wildman–Crippen MR) is 135 cm³/mol. The molecule has 4 amide bonds. The van der Waals surface area contributed by atoms with Crippen LogP contribution in [0.5, 0.6) is 5.75 Å². The first-order chi connectivity index (χ1) is 18.1. The highest BCUT2D eigenvalue weighted by atomic mass is 19.1. The Morgan fingerprint density at radius 2 is 1.84 bits per heavy atom. The predicted octanol–water partition coefficient (Wildman–Crippen LogP) is 2.96. The molecule has 1 N–H and O–H groups in total. The summed E-state index contributed by atoms with van der Waals surface area (Å²) in [5, 5.41) is 5.87. The zero-order valence-corrected chi connectivity index (χ0v) is 22.0. The highest BCUT2D eigenvalue weighted by molar-refractivity contribution is 5.91. The van der Waals surface area contributed by atoms with E-state index >= 15 is 0 Å². The van der Waals surface area contributed by atoms with E-state index in [1.54, 1.807) is 26.3 Å². The lowest BCUT2D eigenvalue weighted by molar-refractivity contribution is -0.188. The SMILES string of the molecule is COc1ccc(CNC(=O)N2[C@H]3CN(Cc4ccc(F)cc4F)C(=O)[C@H](CC(C)C)N3C(=O)CN2C)cc1. The fraction of sp³-hybridized carbons (Fsp3) is 0.444. The number of urea groups is 1. The molecule has 204 valence electrons. The summed E-state index contributed by atoms with van der Waals surface area (Å²) in [7, 11) is 3.21. The number of carbonyl (C=O) groups excluding carboxylic acids is 3. The Balaban J connectivity index is 1.60. The fourth-order valence-corrected chi connectivity index (χ4v) is 4.98. The van der Waals surface area contributed by atoms with Crippen molar-refractivity contribution in [3.63, 3.8) is 0 Å². The van der Waals surface area contributed by atoms with Gasteiger partial charge >= 0.3 is 6.03 Å². The minimum absolute atomic E-state index is 0.0176. The van der Waals surface area contributed by atoms with Gasteiger partial charge in [-0.05, 0) is 36.1 Å². The maximum atomic E-state index is 14.5. The van der Waals surface area contributed by atoms with Crippen LogP contribution >= 0.6 is 0 Å². The van der Waals surface area contributed by atoms with Gasteiger partial charge in [-0.25, -0.2) is 23.6 Å². The lowest BCUT2D eigenvalue weighted by Crippen LogP contribution is -2.75. The summed E-state index contributed by atoms with van der Waals surface area (Å²) in [6, 6.07) is 9.25. The van der Waals surface area contributed by atoms with E-state index in [0.717, 1.165) is 17.7 Å². The van der Waals surface area contributed by atoms with E-state index in [2.05, 4.69) is 5.32 Å². The molecule has 38 heavy (non-hydrogen) atoms. The van der Waals surface area contributed by atoms with Crippen LogP contribution in [0.3, 0.4) is 0 Å². The summed E-state index contributed by atoms with van der Waals surface area (Å²) >= 11 is 0. The van der Waals surface area contributed by atoms with Crippen LogP contribution in [0.4, 0.5) is 13.6 Å². The van der Waals surface area contributed by atoms with Crippen LogP contribution in [0.2, 0.25) is 0 Å². The minimum atomic E-state index is -0.810. The Bertz CT molecular complexity index is 1190. The fourth-order valence-electron chi connectivity index (χ4n) is 4.98. The number of likely N-dealkylation sites (N-methyl/N-ethyl adjacent to an activating group) is 1. The normalized spacial score (nSPS) is 20.1. The van der Waals surface area contributed by atoms with Crippen molar-refractivity contribution >= 4 is 17.8 Å². The molecule has 0 aromatic heterocycles. The summed E-state index contributed by atoms with van der Waals surface area (Å²) in [5.74, 6) is -1.27. The molecule has 0 bridgehead atoms. The van der Waals surface area contributed by atoms with Crippen molar-refractivity contribution < 1.29 is 27.9 Å². The van der Waals surface area contributed by atoms with Crippen LogP contribution in [-0.2, 0) is 22.7 Å². The van der Waals surface area contributed by atoms with Crippen molar-refractivity contribution in [2.75, 3.05) is 27.2 Å². The topological polar surface area (TPSA) is 85.4 Å².